The predicted octanol–water partition coefficient (Wildman–Crippen LogP) is 4.22. The van der Waals surface area contributed by atoms with Crippen molar-refractivity contribution in [2.24, 2.45) is 0 Å². The summed E-state index contributed by atoms with van der Waals surface area (Å²) >= 11 is 1.53. The van der Waals surface area contributed by atoms with Gasteiger partial charge >= 0.3 is 6.09 Å². The Morgan fingerprint density at radius 2 is 1.83 bits per heavy atom. The average molecular weight is 512 g/mol. The number of carbonyl (C=O) groups is 3. The van der Waals surface area contributed by atoms with Crippen LogP contribution in [-0.2, 0) is 14.3 Å². The Morgan fingerprint density at radius 3 is 2.42 bits per heavy atom. The zero-order valence-corrected chi connectivity index (χ0v) is 22.5. The molecule has 0 spiro atoms. The molecule has 0 saturated heterocycles. The van der Waals surface area contributed by atoms with E-state index in [4.69, 9.17) is 17.6 Å². The van der Waals surface area contributed by atoms with Crippen LogP contribution in [0.15, 0.2) is 24.3 Å². The van der Waals surface area contributed by atoms with Crippen molar-refractivity contribution >= 4 is 29.7 Å². The van der Waals surface area contributed by atoms with Crippen molar-refractivity contribution in [2.75, 3.05) is 12.0 Å². The molecule has 1 aliphatic carbocycles. The first-order valence-electron chi connectivity index (χ1n) is 12.2. The summed E-state index contributed by atoms with van der Waals surface area (Å²) in [6.45, 7) is 5.21. The van der Waals surface area contributed by atoms with Gasteiger partial charge in [-0.15, -0.1) is 6.42 Å². The number of terminal acetylenes is 2. The Bertz CT molecular complexity index is 999. The Labute approximate surface area is 219 Å². The SMILES string of the molecule is C#Cc1ccccc1C(C(=O)NC1CCCCC1)N(C#C)C(=O)C(CCSC)NC(=O)OC(C)(C)C. The van der Waals surface area contributed by atoms with Crippen molar-refractivity contribution in [2.45, 2.75) is 83.0 Å². The van der Waals surface area contributed by atoms with Gasteiger partial charge in [-0.05, 0) is 58.1 Å². The minimum Gasteiger partial charge on any atom is -0.444 e. The largest absolute Gasteiger partial charge is 0.444 e. The van der Waals surface area contributed by atoms with Gasteiger partial charge in [0.05, 0.1) is 0 Å². The molecule has 7 nitrogen and oxygen atoms in total. The monoisotopic (exact) mass is 511 g/mol. The number of amides is 3. The number of rotatable bonds is 9. The second-order valence-electron chi connectivity index (χ2n) is 9.80. The Hall–Kier alpha value is -3.10. The van der Waals surface area contributed by atoms with E-state index < -0.39 is 35.6 Å². The van der Waals surface area contributed by atoms with Crippen LogP contribution in [0.4, 0.5) is 4.79 Å². The average Bonchev–Trinajstić information content (AvgIpc) is 2.84. The molecule has 1 aromatic carbocycles. The van der Waals surface area contributed by atoms with E-state index in [-0.39, 0.29) is 6.04 Å². The molecule has 3 amide bonds. The molecule has 1 aromatic rings. The molecule has 2 N–H and O–H groups in total. The van der Waals surface area contributed by atoms with E-state index in [1.165, 1.54) is 11.8 Å². The smallest absolute Gasteiger partial charge is 0.408 e. The molecule has 2 unspecified atom stereocenters. The highest BCUT2D eigenvalue weighted by Crippen LogP contribution is 2.27. The summed E-state index contributed by atoms with van der Waals surface area (Å²) in [5.41, 5.74) is 0.188. The molecule has 8 heteroatoms. The van der Waals surface area contributed by atoms with Crippen LogP contribution < -0.4 is 10.6 Å². The summed E-state index contributed by atoms with van der Waals surface area (Å²) in [5, 5.41) is 5.72. The predicted molar refractivity (Wildman–Crippen MR) is 144 cm³/mol. The van der Waals surface area contributed by atoms with Crippen molar-refractivity contribution in [1.29, 1.82) is 0 Å². The molecule has 0 heterocycles. The summed E-state index contributed by atoms with van der Waals surface area (Å²) in [7, 11) is 0. The number of nitrogens with zero attached hydrogens (tertiary/aromatic N) is 1. The molecule has 2 rings (SSSR count). The first-order valence-corrected chi connectivity index (χ1v) is 13.6. The number of ether oxygens (including phenoxy) is 1. The molecule has 2 atom stereocenters. The highest BCUT2D eigenvalue weighted by atomic mass is 32.2. The van der Waals surface area contributed by atoms with Crippen LogP contribution in [-0.4, -0.2) is 52.5 Å². The van der Waals surface area contributed by atoms with Gasteiger partial charge < -0.3 is 15.4 Å². The topological polar surface area (TPSA) is 87.7 Å². The van der Waals surface area contributed by atoms with Gasteiger partial charge in [0.2, 0.25) is 5.91 Å². The third-order valence-electron chi connectivity index (χ3n) is 5.85. The molecule has 1 saturated carbocycles. The van der Waals surface area contributed by atoms with Gasteiger partial charge in [-0.2, -0.15) is 11.8 Å². The Balaban J connectivity index is 2.42. The maximum Gasteiger partial charge on any atom is 0.408 e. The van der Waals surface area contributed by atoms with Gasteiger partial charge in [0.15, 0.2) is 0 Å². The first kappa shape index (κ1) is 29.1. The van der Waals surface area contributed by atoms with Gasteiger partial charge in [-0.1, -0.05) is 49.8 Å². The Kier molecular flexibility index (Phi) is 11.2. The fourth-order valence-corrected chi connectivity index (χ4v) is 4.64. The molecule has 194 valence electrons. The molecule has 0 bridgehead atoms. The number of nitrogens with one attached hydrogen (secondary N) is 2. The highest BCUT2D eigenvalue weighted by Gasteiger charge is 2.37. The van der Waals surface area contributed by atoms with Crippen LogP contribution in [0.1, 0.15) is 76.5 Å². The summed E-state index contributed by atoms with van der Waals surface area (Å²) in [6, 6.07) is 7.22. The molecule has 0 radical (unpaired) electrons. The van der Waals surface area contributed by atoms with E-state index in [9.17, 15) is 14.4 Å². The van der Waals surface area contributed by atoms with Crippen LogP contribution in [0.25, 0.3) is 0 Å². The Morgan fingerprint density at radius 1 is 1.17 bits per heavy atom. The van der Waals surface area contributed by atoms with Crippen molar-refractivity contribution < 1.29 is 19.1 Å². The number of alkyl carbamates (subject to hydrolysis) is 1. The van der Waals surface area contributed by atoms with E-state index >= 15 is 0 Å². The third kappa shape index (κ3) is 8.53. The fraction of sp³-hybridized carbons (Fsp3) is 0.536. The van der Waals surface area contributed by atoms with Gasteiger partial charge in [-0.3, -0.25) is 14.5 Å². The van der Waals surface area contributed by atoms with E-state index in [0.717, 1.165) is 37.0 Å². The molecular formula is C28H37N3O4S. The zero-order chi connectivity index (χ0) is 26.7. The first-order chi connectivity index (χ1) is 17.1. The number of hydrogen-bond donors (Lipinski definition) is 2. The molecule has 0 aliphatic heterocycles. The van der Waals surface area contributed by atoms with E-state index in [2.05, 4.69) is 22.6 Å². The molecule has 36 heavy (non-hydrogen) atoms. The summed E-state index contributed by atoms with van der Waals surface area (Å²) < 4.78 is 5.36. The van der Waals surface area contributed by atoms with E-state index in [1.807, 2.05) is 6.26 Å². The lowest BCUT2D eigenvalue weighted by Crippen LogP contribution is -2.52. The van der Waals surface area contributed by atoms with Crippen LogP contribution in [0.3, 0.4) is 0 Å². The standard InChI is InChI=1S/C28H37N3O4S/c1-7-20-14-12-13-17-22(20)24(25(32)29-21-15-10-9-11-16-21)31(8-2)26(33)23(18-19-36-6)30-27(34)35-28(3,4)5/h1-2,12-14,17,21,23-24H,9-11,15-16,18-19H2,3-6H3,(H,29,32)(H,30,34). The van der Waals surface area contributed by atoms with Gasteiger partial charge in [-0.25, -0.2) is 4.79 Å². The van der Waals surface area contributed by atoms with Crippen LogP contribution >= 0.6 is 11.8 Å². The van der Waals surface area contributed by atoms with E-state index in [1.54, 1.807) is 45.0 Å². The normalized spacial score (nSPS) is 15.5. The van der Waals surface area contributed by atoms with Crippen LogP contribution in [0.2, 0.25) is 0 Å². The number of carbonyl (C=O) groups excluding carboxylic acids is 3. The van der Waals surface area contributed by atoms with Gasteiger partial charge in [0, 0.05) is 23.2 Å². The fourth-order valence-electron chi connectivity index (χ4n) is 4.17. The lowest BCUT2D eigenvalue weighted by atomic mass is 9.93. The van der Waals surface area contributed by atoms with Crippen LogP contribution in [0, 0.1) is 24.8 Å². The number of thioether (sulfide) groups is 1. The lowest BCUT2D eigenvalue weighted by molar-refractivity contribution is -0.139. The molecule has 0 aromatic heterocycles. The lowest BCUT2D eigenvalue weighted by Gasteiger charge is -2.32. The summed E-state index contributed by atoms with van der Waals surface area (Å²) in [5.74, 6) is 2.21. The molecule has 1 fully saturated rings. The maximum atomic E-state index is 13.8. The third-order valence-corrected chi connectivity index (χ3v) is 6.49. The minimum absolute atomic E-state index is 0.00801. The summed E-state index contributed by atoms with van der Waals surface area (Å²) in [6.07, 6.45) is 18.0. The number of hydrogen-bond acceptors (Lipinski definition) is 5. The summed E-state index contributed by atoms with van der Waals surface area (Å²) in [4.78, 5) is 41.0. The quantitative estimate of drug-likeness (QED) is 0.383. The number of benzene rings is 1. The molecule has 1 aliphatic rings. The minimum atomic E-state index is -1.14. The zero-order valence-electron chi connectivity index (χ0n) is 21.6. The van der Waals surface area contributed by atoms with Gasteiger partial charge in [0.1, 0.15) is 17.7 Å². The maximum absolute atomic E-state index is 13.8. The van der Waals surface area contributed by atoms with Crippen molar-refractivity contribution in [3.8, 4) is 24.8 Å². The second-order valence-corrected chi connectivity index (χ2v) is 10.8. The second kappa shape index (κ2) is 13.8. The highest BCUT2D eigenvalue weighted by molar-refractivity contribution is 7.98. The molecular weight excluding hydrogens is 474 g/mol. The van der Waals surface area contributed by atoms with E-state index in [0.29, 0.717) is 23.3 Å². The van der Waals surface area contributed by atoms with Crippen molar-refractivity contribution in [1.82, 2.24) is 15.5 Å². The van der Waals surface area contributed by atoms with Crippen LogP contribution in [0.5, 0.6) is 0 Å². The van der Waals surface area contributed by atoms with Crippen molar-refractivity contribution in [3.05, 3.63) is 35.4 Å². The van der Waals surface area contributed by atoms with Crippen molar-refractivity contribution in [3.63, 3.8) is 0 Å². The van der Waals surface area contributed by atoms with Gasteiger partial charge in [0.25, 0.3) is 5.91 Å².